The van der Waals surface area contributed by atoms with Gasteiger partial charge in [0.05, 0.1) is 26.4 Å². The van der Waals surface area contributed by atoms with Crippen LogP contribution in [-0.2, 0) is 11.2 Å². The van der Waals surface area contributed by atoms with Crippen LogP contribution in [0.15, 0.2) is 32.9 Å². The Morgan fingerprint density at radius 3 is 2.84 bits per heavy atom. The number of amides is 1. The first-order valence-corrected chi connectivity index (χ1v) is 7.34. The normalized spacial score (nSPS) is 10.6. The molecule has 10 nitrogen and oxygen atoms in total. The van der Waals surface area contributed by atoms with E-state index in [0.29, 0.717) is 23.7 Å². The molecule has 25 heavy (non-hydrogen) atoms. The van der Waals surface area contributed by atoms with Crippen molar-refractivity contribution in [3.63, 3.8) is 0 Å². The van der Waals surface area contributed by atoms with Gasteiger partial charge in [-0.3, -0.25) is 14.6 Å². The van der Waals surface area contributed by atoms with Crippen LogP contribution in [0.25, 0.3) is 0 Å². The Balaban J connectivity index is 1.99. The molecule has 10 heteroatoms. The number of carbonyl (C=O) groups excluding carboxylic acids is 1. The smallest absolute Gasteiger partial charge is 0.342 e. The minimum absolute atomic E-state index is 0.116. The van der Waals surface area contributed by atoms with Gasteiger partial charge < -0.3 is 9.47 Å². The van der Waals surface area contributed by atoms with E-state index >= 15 is 0 Å². The Hall–Kier alpha value is -3.43. The largest absolute Gasteiger partial charge is 0.493 e. The predicted octanol–water partition coefficient (Wildman–Crippen LogP) is -0.442. The zero-order valence-corrected chi connectivity index (χ0v) is 13.7. The molecule has 0 aliphatic heterocycles. The first kappa shape index (κ1) is 17.9. The first-order chi connectivity index (χ1) is 12.0. The lowest BCUT2D eigenvalue weighted by atomic mass is 10.2. The molecule has 2 rings (SSSR count). The van der Waals surface area contributed by atoms with Gasteiger partial charge in [0, 0.05) is 0 Å². The summed E-state index contributed by atoms with van der Waals surface area (Å²) in [6.07, 6.45) is 1.09. The highest BCUT2D eigenvalue weighted by atomic mass is 16.5. The molecule has 0 fully saturated rings. The summed E-state index contributed by atoms with van der Waals surface area (Å²) in [6, 6.07) is 5.18. The van der Waals surface area contributed by atoms with Crippen molar-refractivity contribution in [2.24, 2.45) is 5.10 Å². The van der Waals surface area contributed by atoms with Crippen LogP contribution in [-0.4, -0.2) is 41.0 Å². The Kier molecular flexibility index (Phi) is 6.04. The van der Waals surface area contributed by atoms with Crippen LogP contribution in [0, 0.1) is 0 Å². The minimum Gasteiger partial charge on any atom is -0.493 e. The van der Waals surface area contributed by atoms with Gasteiger partial charge in [-0.05, 0) is 30.7 Å². The fourth-order valence-electron chi connectivity index (χ4n) is 1.90. The summed E-state index contributed by atoms with van der Waals surface area (Å²) in [4.78, 5) is 36.0. The monoisotopic (exact) mass is 347 g/mol. The highest BCUT2D eigenvalue weighted by Gasteiger charge is 2.08. The third kappa shape index (κ3) is 5.03. The van der Waals surface area contributed by atoms with Gasteiger partial charge in [0.25, 0.3) is 5.56 Å². The van der Waals surface area contributed by atoms with E-state index in [9.17, 15) is 14.4 Å². The molecule has 2 aromatic rings. The lowest BCUT2D eigenvalue weighted by Gasteiger charge is -2.09. The number of nitrogens with zero attached hydrogens (tertiary/aromatic N) is 2. The van der Waals surface area contributed by atoms with Gasteiger partial charge in [0.2, 0.25) is 5.91 Å². The number of aromatic amines is 2. The minimum atomic E-state index is -0.739. The Bertz CT molecular complexity index is 886. The van der Waals surface area contributed by atoms with Crippen molar-refractivity contribution in [3.8, 4) is 11.5 Å². The van der Waals surface area contributed by atoms with Crippen molar-refractivity contribution >= 4 is 12.1 Å². The van der Waals surface area contributed by atoms with Gasteiger partial charge in [0.1, 0.15) is 5.69 Å². The molecule has 3 N–H and O–H groups in total. The maximum atomic E-state index is 11.7. The molecule has 1 aromatic heterocycles. The van der Waals surface area contributed by atoms with Gasteiger partial charge in [-0.15, -0.1) is 0 Å². The number of rotatable bonds is 7. The summed E-state index contributed by atoms with van der Waals surface area (Å²) in [6.45, 7) is 2.38. The summed E-state index contributed by atoms with van der Waals surface area (Å²) < 4.78 is 10.6. The molecule has 0 aliphatic carbocycles. The fourth-order valence-corrected chi connectivity index (χ4v) is 1.90. The van der Waals surface area contributed by atoms with Crippen molar-refractivity contribution in [2.75, 3.05) is 13.7 Å². The summed E-state index contributed by atoms with van der Waals surface area (Å²) in [5.74, 6) is 0.592. The molecule has 0 spiro atoms. The second kappa shape index (κ2) is 8.43. The number of benzene rings is 1. The number of carbonyl (C=O) groups is 1. The first-order valence-electron chi connectivity index (χ1n) is 7.34. The van der Waals surface area contributed by atoms with E-state index in [1.807, 2.05) is 11.9 Å². The molecule has 0 unspecified atom stereocenters. The number of hydrogen-bond acceptors (Lipinski definition) is 7. The molecule has 0 aliphatic rings. The zero-order valence-electron chi connectivity index (χ0n) is 13.7. The van der Waals surface area contributed by atoms with E-state index in [-0.39, 0.29) is 12.1 Å². The average molecular weight is 347 g/mol. The summed E-state index contributed by atoms with van der Waals surface area (Å²) in [5, 5.41) is 9.36. The van der Waals surface area contributed by atoms with Crippen molar-refractivity contribution in [3.05, 3.63) is 50.3 Å². The standard InChI is InChI=1S/C15H17N5O5/c1-3-25-11-5-4-9(6-12(11)24-2)8-16-19-13(21)7-10-14(22)17-15(23)20-18-10/h4-6,8H,3,7H2,1-2H3,(H,19,21)(H2,17,20,22,23). The van der Waals surface area contributed by atoms with Crippen LogP contribution >= 0.6 is 0 Å². The van der Waals surface area contributed by atoms with Crippen LogP contribution in [0.5, 0.6) is 11.5 Å². The summed E-state index contributed by atoms with van der Waals surface area (Å²) >= 11 is 0. The Morgan fingerprint density at radius 2 is 2.16 bits per heavy atom. The Labute approximate surface area is 141 Å². The maximum Gasteiger partial charge on any atom is 0.342 e. The summed E-state index contributed by atoms with van der Waals surface area (Å²) in [5.41, 5.74) is 1.38. The average Bonchev–Trinajstić information content (AvgIpc) is 2.59. The topological polar surface area (TPSA) is 139 Å². The van der Waals surface area contributed by atoms with Crippen molar-refractivity contribution in [1.82, 2.24) is 20.6 Å². The van der Waals surface area contributed by atoms with Crippen molar-refractivity contribution < 1.29 is 14.3 Å². The molecular formula is C15H17N5O5. The van der Waals surface area contributed by atoms with E-state index in [0.717, 1.165) is 0 Å². The van der Waals surface area contributed by atoms with Gasteiger partial charge in [-0.25, -0.2) is 15.3 Å². The zero-order chi connectivity index (χ0) is 18.2. The highest BCUT2D eigenvalue weighted by Crippen LogP contribution is 2.27. The fraction of sp³-hybridized carbons (Fsp3) is 0.267. The number of ether oxygens (including phenoxy) is 2. The molecule has 0 radical (unpaired) electrons. The van der Waals surface area contributed by atoms with E-state index < -0.39 is 17.2 Å². The molecule has 1 aromatic carbocycles. The number of hydrogen-bond donors (Lipinski definition) is 3. The number of nitrogens with one attached hydrogen (secondary N) is 3. The van der Waals surface area contributed by atoms with E-state index in [4.69, 9.17) is 9.47 Å². The Morgan fingerprint density at radius 1 is 1.36 bits per heavy atom. The number of hydrazone groups is 1. The van der Waals surface area contributed by atoms with Gasteiger partial charge >= 0.3 is 5.69 Å². The van der Waals surface area contributed by atoms with E-state index in [1.54, 1.807) is 18.2 Å². The number of methoxy groups -OCH3 is 1. The summed E-state index contributed by atoms with van der Waals surface area (Å²) in [7, 11) is 1.52. The number of H-pyrrole nitrogens is 2. The predicted molar refractivity (Wildman–Crippen MR) is 89.1 cm³/mol. The van der Waals surface area contributed by atoms with Gasteiger partial charge in [-0.2, -0.15) is 10.2 Å². The lowest BCUT2D eigenvalue weighted by Crippen LogP contribution is -2.31. The van der Waals surface area contributed by atoms with Crippen LogP contribution in [0.3, 0.4) is 0 Å². The van der Waals surface area contributed by atoms with Crippen molar-refractivity contribution in [2.45, 2.75) is 13.3 Å². The van der Waals surface area contributed by atoms with E-state index in [1.165, 1.54) is 13.3 Å². The van der Waals surface area contributed by atoms with Crippen LogP contribution in [0.4, 0.5) is 0 Å². The van der Waals surface area contributed by atoms with E-state index in [2.05, 4.69) is 20.7 Å². The third-order valence-electron chi connectivity index (χ3n) is 3.00. The maximum absolute atomic E-state index is 11.7. The molecular weight excluding hydrogens is 330 g/mol. The van der Waals surface area contributed by atoms with Crippen LogP contribution < -0.4 is 26.1 Å². The molecule has 0 bridgehead atoms. The third-order valence-corrected chi connectivity index (χ3v) is 3.00. The van der Waals surface area contributed by atoms with Crippen molar-refractivity contribution in [1.29, 1.82) is 0 Å². The molecule has 0 atom stereocenters. The molecule has 1 amide bonds. The van der Waals surface area contributed by atoms with Gasteiger partial charge in [0.15, 0.2) is 11.5 Å². The second-order valence-corrected chi connectivity index (χ2v) is 4.77. The number of aromatic nitrogens is 3. The quantitative estimate of drug-likeness (QED) is 0.458. The van der Waals surface area contributed by atoms with Gasteiger partial charge in [-0.1, -0.05) is 0 Å². The van der Waals surface area contributed by atoms with Crippen LogP contribution in [0.1, 0.15) is 18.2 Å². The highest BCUT2D eigenvalue weighted by molar-refractivity contribution is 5.83. The lowest BCUT2D eigenvalue weighted by molar-refractivity contribution is -0.120. The molecule has 0 saturated carbocycles. The molecule has 1 heterocycles. The molecule has 132 valence electrons. The SMILES string of the molecule is CCOc1ccc(C=NNC(=O)Cc2n[nH]c(=O)[nH]c2=O)cc1OC. The second-order valence-electron chi connectivity index (χ2n) is 4.77. The molecule has 0 saturated heterocycles. The van der Waals surface area contributed by atoms with Crippen LogP contribution in [0.2, 0.25) is 0 Å².